The molecular formula is C19H24BrN3O3S. The maximum Gasteiger partial charge on any atom is 0.341 e. The third-order valence-corrected chi connectivity index (χ3v) is 6.57. The minimum Gasteiger partial charge on any atom is -0.459 e. The zero-order chi connectivity index (χ0) is 19.7. The molecule has 0 fully saturated rings. The second kappa shape index (κ2) is 8.14. The summed E-state index contributed by atoms with van der Waals surface area (Å²) in [5.74, 6) is -0.563. The highest BCUT2D eigenvalue weighted by atomic mass is 79.9. The number of anilines is 1. The smallest absolute Gasteiger partial charge is 0.341 e. The molecule has 146 valence electrons. The molecule has 0 aliphatic heterocycles. The summed E-state index contributed by atoms with van der Waals surface area (Å²) < 4.78 is 7.92. The van der Waals surface area contributed by atoms with Crippen LogP contribution in [-0.2, 0) is 22.4 Å². The molecule has 1 atom stereocenters. The van der Waals surface area contributed by atoms with Gasteiger partial charge in [-0.2, -0.15) is 5.10 Å². The Bertz CT molecular complexity index is 852. The standard InChI is InChI=1S/C19H24BrN3O3S/c1-10(2)26-19(25)16-13-7-5-6-8-15(13)27-18(16)21-17(24)12(4)23-9-14(20)11(3)22-23/h9-10,12H,5-8H2,1-4H3,(H,21,24). The number of aromatic nitrogens is 2. The predicted octanol–water partition coefficient (Wildman–Crippen LogP) is 4.66. The summed E-state index contributed by atoms with van der Waals surface area (Å²) in [5, 5.41) is 7.90. The number of fused-ring (bicyclic) bond motifs is 1. The fraction of sp³-hybridized carbons (Fsp3) is 0.526. The summed E-state index contributed by atoms with van der Waals surface area (Å²) in [4.78, 5) is 26.7. The van der Waals surface area contributed by atoms with Gasteiger partial charge in [-0.15, -0.1) is 11.3 Å². The number of rotatable bonds is 5. The zero-order valence-electron chi connectivity index (χ0n) is 16.0. The van der Waals surface area contributed by atoms with Gasteiger partial charge in [-0.25, -0.2) is 4.79 Å². The molecule has 6 nitrogen and oxygen atoms in total. The number of nitrogens with zero attached hydrogens (tertiary/aromatic N) is 2. The largest absolute Gasteiger partial charge is 0.459 e. The molecule has 1 N–H and O–H groups in total. The van der Waals surface area contributed by atoms with Crippen LogP contribution in [0.2, 0.25) is 0 Å². The normalized spacial score (nSPS) is 14.7. The van der Waals surface area contributed by atoms with E-state index in [1.54, 1.807) is 17.8 Å². The number of amides is 1. The summed E-state index contributed by atoms with van der Waals surface area (Å²) in [5.41, 5.74) is 2.39. The molecule has 0 spiro atoms. The van der Waals surface area contributed by atoms with Crippen LogP contribution in [0.3, 0.4) is 0 Å². The van der Waals surface area contributed by atoms with Crippen molar-refractivity contribution < 1.29 is 14.3 Å². The molecule has 0 saturated heterocycles. The van der Waals surface area contributed by atoms with Crippen molar-refractivity contribution in [1.29, 1.82) is 0 Å². The van der Waals surface area contributed by atoms with Crippen molar-refractivity contribution in [2.75, 3.05) is 5.32 Å². The van der Waals surface area contributed by atoms with Crippen molar-refractivity contribution in [3.8, 4) is 0 Å². The lowest BCUT2D eigenvalue weighted by Crippen LogP contribution is -2.25. The molecule has 1 unspecified atom stereocenters. The van der Waals surface area contributed by atoms with E-state index in [-0.39, 0.29) is 18.0 Å². The Morgan fingerprint density at radius 1 is 1.30 bits per heavy atom. The highest BCUT2D eigenvalue weighted by molar-refractivity contribution is 9.10. The molecule has 0 saturated carbocycles. The molecule has 2 aromatic rings. The van der Waals surface area contributed by atoms with Crippen molar-refractivity contribution in [3.63, 3.8) is 0 Å². The van der Waals surface area contributed by atoms with E-state index < -0.39 is 6.04 Å². The van der Waals surface area contributed by atoms with Gasteiger partial charge in [-0.3, -0.25) is 9.48 Å². The van der Waals surface area contributed by atoms with E-state index in [9.17, 15) is 9.59 Å². The second-order valence-corrected chi connectivity index (χ2v) is 9.04. The number of ether oxygens (including phenoxy) is 1. The Labute approximate surface area is 171 Å². The van der Waals surface area contributed by atoms with Crippen molar-refractivity contribution in [3.05, 3.63) is 32.4 Å². The van der Waals surface area contributed by atoms with Gasteiger partial charge in [0, 0.05) is 11.1 Å². The SMILES string of the molecule is Cc1nn(C(C)C(=O)Nc2sc3c(c2C(=O)OC(C)C)CCCC3)cc1Br. The van der Waals surface area contributed by atoms with E-state index in [2.05, 4.69) is 26.3 Å². The molecule has 0 radical (unpaired) electrons. The zero-order valence-corrected chi connectivity index (χ0v) is 18.4. The Hall–Kier alpha value is -1.67. The van der Waals surface area contributed by atoms with Crippen molar-refractivity contribution in [2.45, 2.75) is 65.5 Å². The average molecular weight is 454 g/mol. The molecule has 27 heavy (non-hydrogen) atoms. The minimum absolute atomic E-state index is 0.205. The van der Waals surface area contributed by atoms with Crippen LogP contribution >= 0.6 is 27.3 Å². The fourth-order valence-electron chi connectivity index (χ4n) is 3.14. The summed E-state index contributed by atoms with van der Waals surface area (Å²) >= 11 is 4.91. The molecule has 1 aliphatic rings. The Balaban J connectivity index is 1.88. The Kier molecular flexibility index (Phi) is 6.05. The molecule has 0 aromatic carbocycles. The molecule has 2 aromatic heterocycles. The molecule has 3 rings (SSSR count). The van der Waals surface area contributed by atoms with Crippen LogP contribution in [0.1, 0.15) is 66.1 Å². The van der Waals surface area contributed by atoms with Gasteiger partial charge in [0.05, 0.1) is 21.8 Å². The van der Waals surface area contributed by atoms with Gasteiger partial charge in [0.25, 0.3) is 0 Å². The van der Waals surface area contributed by atoms with Gasteiger partial charge in [0.2, 0.25) is 5.91 Å². The second-order valence-electron chi connectivity index (χ2n) is 7.08. The van der Waals surface area contributed by atoms with Gasteiger partial charge in [-0.05, 0) is 74.9 Å². The van der Waals surface area contributed by atoms with Crippen LogP contribution in [0.5, 0.6) is 0 Å². The van der Waals surface area contributed by atoms with Crippen LogP contribution in [-0.4, -0.2) is 27.8 Å². The van der Waals surface area contributed by atoms with Gasteiger partial charge in [0.15, 0.2) is 0 Å². The van der Waals surface area contributed by atoms with E-state index in [0.717, 1.165) is 41.4 Å². The topological polar surface area (TPSA) is 73.2 Å². The highest BCUT2D eigenvalue weighted by Crippen LogP contribution is 2.39. The third kappa shape index (κ3) is 4.27. The maximum atomic E-state index is 12.8. The van der Waals surface area contributed by atoms with E-state index in [0.29, 0.717) is 10.6 Å². The molecule has 2 heterocycles. The lowest BCUT2D eigenvalue weighted by Gasteiger charge is -2.15. The van der Waals surface area contributed by atoms with Crippen LogP contribution < -0.4 is 5.32 Å². The first kappa shape index (κ1) is 20.1. The highest BCUT2D eigenvalue weighted by Gasteiger charge is 2.29. The first-order chi connectivity index (χ1) is 12.8. The lowest BCUT2D eigenvalue weighted by molar-refractivity contribution is -0.119. The maximum absolute atomic E-state index is 12.8. The number of carbonyl (C=O) groups excluding carboxylic acids is 2. The van der Waals surface area contributed by atoms with E-state index >= 15 is 0 Å². The third-order valence-electron chi connectivity index (χ3n) is 4.59. The quantitative estimate of drug-likeness (QED) is 0.667. The van der Waals surface area contributed by atoms with Crippen LogP contribution in [0.15, 0.2) is 10.7 Å². The van der Waals surface area contributed by atoms with Gasteiger partial charge < -0.3 is 10.1 Å². The first-order valence-electron chi connectivity index (χ1n) is 9.15. The van der Waals surface area contributed by atoms with Crippen molar-refractivity contribution in [1.82, 2.24) is 9.78 Å². The fourth-order valence-corrected chi connectivity index (χ4v) is 4.71. The van der Waals surface area contributed by atoms with Gasteiger partial charge in [0.1, 0.15) is 11.0 Å². The lowest BCUT2D eigenvalue weighted by atomic mass is 9.95. The first-order valence-corrected chi connectivity index (χ1v) is 10.8. The van der Waals surface area contributed by atoms with E-state index in [1.165, 1.54) is 16.2 Å². The van der Waals surface area contributed by atoms with Gasteiger partial charge >= 0.3 is 5.97 Å². The molecular weight excluding hydrogens is 430 g/mol. The number of thiophene rings is 1. The summed E-state index contributed by atoms with van der Waals surface area (Å²) in [6, 6.07) is -0.497. The monoisotopic (exact) mass is 453 g/mol. The number of hydrogen-bond donors (Lipinski definition) is 1. The Morgan fingerprint density at radius 2 is 2.00 bits per heavy atom. The van der Waals surface area contributed by atoms with Crippen LogP contribution in [0.25, 0.3) is 0 Å². The summed E-state index contributed by atoms with van der Waals surface area (Å²) in [7, 11) is 0. The summed E-state index contributed by atoms with van der Waals surface area (Å²) in [6.07, 6.45) is 5.53. The molecule has 8 heteroatoms. The van der Waals surface area contributed by atoms with E-state index in [1.807, 2.05) is 20.8 Å². The van der Waals surface area contributed by atoms with E-state index in [4.69, 9.17) is 4.74 Å². The minimum atomic E-state index is -0.497. The Morgan fingerprint density at radius 3 is 2.63 bits per heavy atom. The van der Waals surface area contributed by atoms with Crippen molar-refractivity contribution in [2.24, 2.45) is 0 Å². The number of nitrogens with one attached hydrogen (secondary N) is 1. The van der Waals surface area contributed by atoms with Crippen molar-refractivity contribution >= 4 is 44.1 Å². The molecule has 1 aliphatic carbocycles. The molecule has 1 amide bonds. The number of halogens is 1. The van der Waals surface area contributed by atoms with Crippen LogP contribution in [0.4, 0.5) is 5.00 Å². The predicted molar refractivity (Wildman–Crippen MR) is 110 cm³/mol. The number of esters is 1. The summed E-state index contributed by atoms with van der Waals surface area (Å²) in [6.45, 7) is 7.32. The van der Waals surface area contributed by atoms with Crippen LogP contribution in [0, 0.1) is 6.92 Å². The molecule has 0 bridgehead atoms. The number of aryl methyl sites for hydroxylation is 2. The van der Waals surface area contributed by atoms with Gasteiger partial charge in [-0.1, -0.05) is 0 Å². The number of carbonyl (C=O) groups is 2. The average Bonchev–Trinajstić information content (AvgIpc) is 3.13. The number of hydrogen-bond acceptors (Lipinski definition) is 5.